The number of hydrazone groups is 1. The van der Waals surface area contributed by atoms with E-state index in [1.54, 1.807) is 32.4 Å². The molecule has 0 aliphatic carbocycles. The predicted octanol–water partition coefficient (Wildman–Crippen LogP) is 3.30. The summed E-state index contributed by atoms with van der Waals surface area (Å²) in [6, 6.07) is 11.0. The summed E-state index contributed by atoms with van der Waals surface area (Å²) in [6.45, 7) is 1.83. The first-order valence-electron chi connectivity index (χ1n) is 7.47. The summed E-state index contributed by atoms with van der Waals surface area (Å²) >= 11 is 3.40. The molecule has 0 unspecified atom stereocenters. The number of rotatable bonds is 7. The smallest absolute Gasteiger partial charge is 0.277 e. The maximum absolute atomic E-state index is 11.8. The molecule has 6 nitrogen and oxygen atoms in total. The second-order valence-electron chi connectivity index (χ2n) is 5.10. The Morgan fingerprint density at radius 2 is 2.00 bits per heavy atom. The molecule has 2 aromatic carbocycles. The number of ether oxygens (including phenoxy) is 3. The van der Waals surface area contributed by atoms with Gasteiger partial charge in [-0.3, -0.25) is 4.79 Å². The van der Waals surface area contributed by atoms with Gasteiger partial charge in [0.15, 0.2) is 18.1 Å². The number of carbonyl (C=O) groups is 1. The lowest BCUT2D eigenvalue weighted by Gasteiger charge is -2.09. The second-order valence-corrected chi connectivity index (χ2v) is 5.95. The van der Waals surface area contributed by atoms with E-state index in [1.807, 2.05) is 25.1 Å². The van der Waals surface area contributed by atoms with Crippen LogP contribution in [-0.4, -0.2) is 32.9 Å². The number of carbonyl (C=O) groups excluding carboxylic acids is 1. The van der Waals surface area contributed by atoms with Crippen LogP contribution in [0.1, 0.15) is 11.1 Å². The Hall–Kier alpha value is -2.54. The Bertz CT molecular complexity index is 778. The summed E-state index contributed by atoms with van der Waals surface area (Å²) in [6.07, 6.45) is 1.49. The number of para-hydroxylation sites is 1. The summed E-state index contributed by atoms with van der Waals surface area (Å²) in [7, 11) is 3.10. The largest absolute Gasteiger partial charge is 0.493 e. The van der Waals surface area contributed by atoms with Crippen LogP contribution in [0, 0.1) is 6.92 Å². The highest BCUT2D eigenvalue weighted by atomic mass is 79.9. The maximum Gasteiger partial charge on any atom is 0.277 e. The number of hydrogen-bond acceptors (Lipinski definition) is 5. The molecule has 1 amide bonds. The molecule has 0 spiro atoms. The Balaban J connectivity index is 1.92. The predicted molar refractivity (Wildman–Crippen MR) is 99.7 cm³/mol. The van der Waals surface area contributed by atoms with Crippen LogP contribution in [0.15, 0.2) is 46.0 Å². The molecule has 0 aromatic heterocycles. The molecule has 2 aromatic rings. The van der Waals surface area contributed by atoms with Crippen molar-refractivity contribution in [2.24, 2.45) is 5.10 Å². The summed E-state index contributed by atoms with van der Waals surface area (Å²) in [4.78, 5) is 11.8. The fraction of sp³-hybridized carbons (Fsp3) is 0.222. The third-order valence-electron chi connectivity index (χ3n) is 3.27. The average molecular weight is 407 g/mol. The Morgan fingerprint density at radius 3 is 2.68 bits per heavy atom. The van der Waals surface area contributed by atoms with Gasteiger partial charge in [0.25, 0.3) is 5.91 Å². The quantitative estimate of drug-likeness (QED) is 0.565. The fourth-order valence-electron chi connectivity index (χ4n) is 2.09. The number of hydrogen-bond donors (Lipinski definition) is 1. The normalized spacial score (nSPS) is 10.6. The van der Waals surface area contributed by atoms with Gasteiger partial charge in [0.1, 0.15) is 5.75 Å². The molecule has 0 bridgehead atoms. The van der Waals surface area contributed by atoms with Gasteiger partial charge >= 0.3 is 0 Å². The molecular formula is C18H19BrN2O4. The topological polar surface area (TPSA) is 69.2 Å². The summed E-state index contributed by atoms with van der Waals surface area (Å²) in [5.41, 5.74) is 4.20. The highest BCUT2D eigenvalue weighted by molar-refractivity contribution is 9.10. The highest BCUT2D eigenvalue weighted by Gasteiger charge is 2.08. The Morgan fingerprint density at radius 1 is 1.20 bits per heavy atom. The summed E-state index contributed by atoms with van der Waals surface area (Å²) in [5.74, 6) is 1.36. The van der Waals surface area contributed by atoms with Gasteiger partial charge in [-0.1, -0.05) is 12.1 Å². The van der Waals surface area contributed by atoms with Crippen molar-refractivity contribution in [3.63, 3.8) is 0 Å². The third kappa shape index (κ3) is 5.22. The molecule has 0 aliphatic rings. The van der Waals surface area contributed by atoms with Gasteiger partial charge in [-0.15, -0.1) is 0 Å². The zero-order chi connectivity index (χ0) is 18.2. The maximum atomic E-state index is 11.8. The van der Waals surface area contributed by atoms with Gasteiger partial charge in [0.05, 0.1) is 24.9 Å². The van der Waals surface area contributed by atoms with E-state index in [-0.39, 0.29) is 12.5 Å². The van der Waals surface area contributed by atoms with Crippen molar-refractivity contribution in [3.05, 3.63) is 52.0 Å². The van der Waals surface area contributed by atoms with Crippen LogP contribution < -0.4 is 19.6 Å². The molecule has 0 heterocycles. The van der Waals surface area contributed by atoms with E-state index in [2.05, 4.69) is 26.5 Å². The van der Waals surface area contributed by atoms with Crippen molar-refractivity contribution in [1.29, 1.82) is 0 Å². The van der Waals surface area contributed by atoms with E-state index in [0.717, 1.165) is 10.0 Å². The minimum absolute atomic E-state index is 0.145. The van der Waals surface area contributed by atoms with Gasteiger partial charge < -0.3 is 14.2 Å². The van der Waals surface area contributed by atoms with Crippen LogP contribution in [0.5, 0.6) is 17.2 Å². The average Bonchev–Trinajstić information content (AvgIpc) is 2.60. The number of amides is 1. The van der Waals surface area contributed by atoms with Crippen molar-refractivity contribution >= 4 is 28.1 Å². The second kappa shape index (κ2) is 9.08. The number of methoxy groups -OCH3 is 2. The fourth-order valence-corrected chi connectivity index (χ4v) is 2.69. The van der Waals surface area contributed by atoms with Crippen LogP contribution in [0.3, 0.4) is 0 Å². The minimum Gasteiger partial charge on any atom is -0.493 e. The standard InChI is InChI=1S/C18H19BrN2O4/c1-12-7-8-15(14(19)9-12)25-11-17(22)21-20-10-13-5-4-6-16(23-2)18(13)24-3/h4-10H,11H2,1-3H3,(H,21,22). The van der Waals surface area contributed by atoms with Crippen molar-refractivity contribution in [2.75, 3.05) is 20.8 Å². The van der Waals surface area contributed by atoms with E-state index in [9.17, 15) is 4.79 Å². The van der Waals surface area contributed by atoms with Gasteiger partial charge in [-0.25, -0.2) is 5.43 Å². The lowest BCUT2D eigenvalue weighted by Crippen LogP contribution is -2.24. The van der Waals surface area contributed by atoms with Crippen molar-refractivity contribution in [2.45, 2.75) is 6.92 Å². The SMILES string of the molecule is COc1cccc(C=NNC(=O)COc2ccc(C)cc2Br)c1OC. The number of halogens is 1. The molecule has 7 heteroatoms. The first kappa shape index (κ1) is 18.8. The van der Waals surface area contributed by atoms with E-state index in [1.165, 1.54) is 6.21 Å². The van der Waals surface area contributed by atoms with Crippen molar-refractivity contribution in [1.82, 2.24) is 5.43 Å². The van der Waals surface area contributed by atoms with Crippen LogP contribution in [0.4, 0.5) is 0 Å². The lowest BCUT2D eigenvalue weighted by molar-refractivity contribution is -0.123. The first-order valence-corrected chi connectivity index (χ1v) is 8.26. The summed E-state index contributed by atoms with van der Waals surface area (Å²) < 4.78 is 16.8. The summed E-state index contributed by atoms with van der Waals surface area (Å²) in [5, 5.41) is 3.92. The Labute approximate surface area is 154 Å². The monoisotopic (exact) mass is 406 g/mol. The molecule has 0 fully saturated rings. The number of benzene rings is 2. The van der Waals surface area contributed by atoms with E-state index < -0.39 is 0 Å². The number of aryl methyl sites for hydroxylation is 1. The van der Waals surface area contributed by atoms with Gasteiger partial charge in [-0.2, -0.15) is 5.10 Å². The minimum atomic E-state index is -0.370. The number of nitrogens with zero attached hydrogens (tertiary/aromatic N) is 1. The molecule has 25 heavy (non-hydrogen) atoms. The first-order chi connectivity index (χ1) is 12.0. The van der Waals surface area contributed by atoms with Crippen LogP contribution in [0.2, 0.25) is 0 Å². The zero-order valence-corrected chi connectivity index (χ0v) is 15.8. The lowest BCUT2D eigenvalue weighted by atomic mass is 10.2. The van der Waals surface area contributed by atoms with E-state index >= 15 is 0 Å². The van der Waals surface area contributed by atoms with E-state index in [0.29, 0.717) is 22.8 Å². The Kier molecular flexibility index (Phi) is 6.82. The molecule has 0 aliphatic heterocycles. The van der Waals surface area contributed by atoms with Gasteiger partial charge in [-0.05, 0) is 52.7 Å². The van der Waals surface area contributed by atoms with Gasteiger partial charge in [0, 0.05) is 5.56 Å². The molecule has 0 saturated carbocycles. The molecule has 2 rings (SSSR count). The third-order valence-corrected chi connectivity index (χ3v) is 3.89. The van der Waals surface area contributed by atoms with E-state index in [4.69, 9.17) is 14.2 Å². The van der Waals surface area contributed by atoms with Crippen LogP contribution in [-0.2, 0) is 4.79 Å². The molecule has 0 radical (unpaired) electrons. The molecule has 1 N–H and O–H groups in total. The van der Waals surface area contributed by atoms with Crippen molar-refractivity contribution in [3.8, 4) is 17.2 Å². The zero-order valence-electron chi connectivity index (χ0n) is 14.2. The van der Waals surface area contributed by atoms with Crippen LogP contribution in [0.25, 0.3) is 0 Å². The molecule has 132 valence electrons. The highest BCUT2D eigenvalue weighted by Crippen LogP contribution is 2.29. The molecule has 0 atom stereocenters. The number of nitrogens with one attached hydrogen (secondary N) is 1. The van der Waals surface area contributed by atoms with Crippen molar-refractivity contribution < 1.29 is 19.0 Å². The molecular weight excluding hydrogens is 388 g/mol. The molecule has 0 saturated heterocycles. The van der Waals surface area contributed by atoms with Crippen LogP contribution >= 0.6 is 15.9 Å². The van der Waals surface area contributed by atoms with Gasteiger partial charge in [0.2, 0.25) is 0 Å².